The zero-order valence-electron chi connectivity index (χ0n) is 13.5. The van der Waals surface area contributed by atoms with Crippen molar-refractivity contribution in [3.63, 3.8) is 0 Å². The lowest BCUT2D eigenvalue weighted by Crippen LogP contribution is -2.47. The van der Waals surface area contributed by atoms with Crippen LogP contribution in [-0.2, 0) is 24.7 Å². The second-order valence-electron chi connectivity index (χ2n) is 5.66. The minimum Gasteiger partial charge on any atom is -0.493 e. The molecule has 0 bridgehead atoms. The number of urea groups is 1. The second kappa shape index (κ2) is 6.42. The lowest BCUT2D eigenvalue weighted by atomic mass is 9.84. The van der Waals surface area contributed by atoms with E-state index in [1.807, 2.05) is 0 Å². The minimum atomic E-state index is -1.24. The van der Waals surface area contributed by atoms with Crippen LogP contribution in [-0.4, -0.2) is 55.5 Å². The van der Waals surface area contributed by atoms with Gasteiger partial charge in [0, 0.05) is 19.0 Å². The highest BCUT2D eigenvalue weighted by Crippen LogP contribution is 2.40. The Morgan fingerprint density at radius 3 is 2.88 bits per heavy atom. The molecule has 0 unspecified atom stereocenters. The third-order valence-electron chi connectivity index (χ3n) is 4.19. The lowest BCUT2D eigenvalue weighted by Gasteiger charge is -2.33. The highest BCUT2D eigenvalue weighted by atomic mass is 16.5. The number of esters is 1. The predicted octanol–water partition coefficient (Wildman–Crippen LogP) is -0.495. The fraction of sp³-hybridized carbons (Fsp3) is 0.375. The number of hydrogen-bond acceptors (Lipinski definition) is 6. The van der Waals surface area contributed by atoms with Gasteiger partial charge in [-0.25, -0.2) is 4.79 Å². The van der Waals surface area contributed by atoms with Crippen LogP contribution in [0.1, 0.15) is 12.0 Å². The summed E-state index contributed by atoms with van der Waals surface area (Å²) in [6.07, 6.45) is 0.262. The van der Waals surface area contributed by atoms with Crippen LogP contribution < -0.4 is 15.4 Å². The molecule has 1 aromatic carbocycles. The molecule has 0 saturated carbocycles. The first-order chi connectivity index (χ1) is 12.0. The van der Waals surface area contributed by atoms with Gasteiger partial charge in [-0.05, 0) is 6.07 Å². The Balaban J connectivity index is 1.77. The summed E-state index contributed by atoms with van der Waals surface area (Å²) >= 11 is 0. The predicted molar refractivity (Wildman–Crippen MR) is 83.5 cm³/mol. The average Bonchev–Trinajstić information content (AvgIpc) is 2.85. The van der Waals surface area contributed by atoms with Crippen LogP contribution in [0.5, 0.6) is 5.75 Å². The van der Waals surface area contributed by atoms with E-state index in [9.17, 15) is 19.2 Å². The van der Waals surface area contributed by atoms with E-state index in [1.54, 1.807) is 24.3 Å². The Morgan fingerprint density at radius 2 is 2.12 bits per heavy atom. The molecule has 9 nitrogen and oxygen atoms in total. The lowest BCUT2D eigenvalue weighted by molar-refractivity contribution is -0.151. The number of hydrogen-bond donors (Lipinski definition) is 2. The van der Waals surface area contributed by atoms with E-state index in [1.165, 1.54) is 7.05 Å². The molecule has 1 saturated heterocycles. The van der Waals surface area contributed by atoms with Crippen molar-refractivity contribution >= 4 is 23.8 Å². The normalized spacial score (nSPS) is 21.4. The molecule has 1 aromatic rings. The number of imide groups is 1. The van der Waals surface area contributed by atoms with E-state index in [-0.39, 0.29) is 13.0 Å². The van der Waals surface area contributed by atoms with Gasteiger partial charge in [0.25, 0.3) is 11.8 Å². The van der Waals surface area contributed by atoms with Crippen molar-refractivity contribution in [2.24, 2.45) is 0 Å². The van der Waals surface area contributed by atoms with E-state index in [2.05, 4.69) is 10.6 Å². The number of nitrogens with zero attached hydrogens (tertiary/aromatic N) is 1. The number of para-hydroxylation sites is 1. The fourth-order valence-electron chi connectivity index (χ4n) is 2.91. The van der Waals surface area contributed by atoms with Crippen molar-refractivity contribution in [1.29, 1.82) is 0 Å². The van der Waals surface area contributed by atoms with Crippen LogP contribution in [0.2, 0.25) is 0 Å². The number of carbonyl (C=O) groups is 4. The first-order valence-corrected chi connectivity index (χ1v) is 7.70. The zero-order valence-corrected chi connectivity index (χ0v) is 13.5. The molecule has 4 amide bonds. The van der Waals surface area contributed by atoms with Crippen molar-refractivity contribution in [3.8, 4) is 5.75 Å². The molecule has 0 aliphatic carbocycles. The monoisotopic (exact) mass is 347 g/mol. The summed E-state index contributed by atoms with van der Waals surface area (Å²) in [5, 5.41) is 4.98. The van der Waals surface area contributed by atoms with Gasteiger partial charge in [-0.1, -0.05) is 18.2 Å². The summed E-state index contributed by atoms with van der Waals surface area (Å²) in [6.45, 7) is -0.773. The van der Waals surface area contributed by atoms with Crippen molar-refractivity contribution < 1.29 is 28.7 Å². The largest absolute Gasteiger partial charge is 0.493 e. The summed E-state index contributed by atoms with van der Waals surface area (Å²) in [6, 6.07) is 6.26. The first-order valence-electron chi connectivity index (χ1n) is 7.70. The molecule has 1 spiro atoms. The number of likely N-dealkylation sites (N-methyl/N-ethyl adjacent to an activating group) is 1. The van der Waals surface area contributed by atoms with Gasteiger partial charge in [-0.15, -0.1) is 0 Å². The quantitative estimate of drug-likeness (QED) is 0.561. The fourth-order valence-corrected chi connectivity index (χ4v) is 2.91. The molecule has 1 fully saturated rings. The van der Waals surface area contributed by atoms with E-state index >= 15 is 0 Å². The van der Waals surface area contributed by atoms with Gasteiger partial charge in [0.2, 0.25) is 0 Å². The number of carbonyl (C=O) groups excluding carboxylic acids is 4. The molecule has 0 aromatic heterocycles. The molecule has 132 valence electrons. The summed E-state index contributed by atoms with van der Waals surface area (Å²) in [4.78, 5) is 48.9. The van der Waals surface area contributed by atoms with Gasteiger partial charge < -0.3 is 20.1 Å². The SMILES string of the molecule is CNC(=O)COC(=O)CN1C(=O)N[C@]2(CCOc3ccccc32)C1=O. The van der Waals surface area contributed by atoms with Gasteiger partial charge in [-0.3, -0.25) is 19.3 Å². The molecule has 2 aliphatic rings. The van der Waals surface area contributed by atoms with Gasteiger partial charge in [0.05, 0.1) is 6.61 Å². The number of benzene rings is 1. The topological polar surface area (TPSA) is 114 Å². The van der Waals surface area contributed by atoms with Crippen LogP contribution in [0, 0.1) is 0 Å². The number of amides is 4. The Kier molecular flexibility index (Phi) is 4.30. The van der Waals surface area contributed by atoms with Crippen molar-refractivity contribution in [1.82, 2.24) is 15.5 Å². The van der Waals surface area contributed by atoms with Crippen LogP contribution in [0.3, 0.4) is 0 Å². The Labute approximate surface area is 143 Å². The molecule has 3 rings (SSSR count). The minimum absolute atomic E-state index is 0.262. The molecule has 2 N–H and O–H groups in total. The third kappa shape index (κ3) is 2.88. The molecule has 25 heavy (non-hydrogen) atoms. The van der Waals surface area contributed by atoms with Crippen molar-refractivity contribution in [2.45, 2.75) is 12.0 Å². The molecule has 1 atom stereocenters. The number of fused-ring (bicyclic) bond motifs is 2. The molecule has 2 heterocycles. The zero-order chi connectivity index (χ0) is 18.0. The Hall–Kier alpha value is -3.10. The van der Waals surface area contributed by atoms with Gasteiger partial charge >= 0.3 is 12.0 Å². The molecular formula is C16H17N3O6. The van der Waals surface area contributed by atoms with Gasteiger partial charge in [-0.2, -0.15) is 0 Å². The number of ether oxygens (including phenoxy) is 2. The Morgan fingerprint density at radius 1 is 1.36 bits per heavy atom. The third-order valence-corrected chi connectivity index (χ3v) is 4.19. The average molecular weight is 347 g/mol. The summed E-state index contributed by atoms with van der Waals surface area (Å²) in [5.74, 6) is -1.35. The highest BCUT2D eigenvalue weighted by molar-refractivity contribution is 6.09. The van der Waals surface area contributed by atoms with E-state index in [0.29, 0.717) is 11.3 Å². The first kappa shape index (κ1) is 16.7. The Bertz CT molecular complexity index is 749. The van der Waals surface area contributed by atoms with Crippen LogP contribution in [0.4, 0.5) is 4.79 Å². The highest BCUT2D eigenvalue weighted by Gasteiger charge is 2.55. The van der Waals surface area contributed by atoms with Crippen LogP contribution in [0.25, 0.3) is 0 Å². The van der Waals surface area contributed by atoms with Gasteiger partial charge in [0.1, 0.15) is 12.3 Å². The molecule has 9 heteroatoms. The summed E-state index contributed by atoms with van der Waals surface area (Å²) < 4.78 is 10.3. The van der Waals surface area contributed by atoms with E-state index in [4.69, 9.17) is 9.47 Å². The molecule has 0 radical (unpaired) electrons. The summed E-state index contributed by atoms with van der Waals surface area (Å²) in [7, 11) is 1.40. The van der Waals surface area contributed by atoms with Crippen LogP contribution >= 0.6 is 0 Å². The standard InChI is InChI=1S/C16H17N3O6/c1-17-12(20)9-25-13(21)8-19-14(22)16(18-15(19)23)6-7-24-11-5-3-2-4-10(11)16/h2-5H,6-9H2,1H3,(H,17,20)(H,18,23)/t16-/m0/s1. The molecular weight excluding hydrogens is 330 g/mol. The molecule has 2 aliphatic heterocycles. The van der Waals surface area contributed by atoms with Gasteiger partial charge in [0.15, 0.2) is 12.1 Å². The second-order valence-corrected chi connectivity index (χ2v) is 5.66. The van der Waals surface area contributed by atoms with E-state index in [0.717, 1.165) is 4.90 Å². The van der Waals surface area contributed by atoms with E-state index < -0.39 is 42.5 Å². The maximum atomic E-state index is 12.9. The van der Waals surface area contributed by atoms with Crippen LogP contribution in [0.15, 0.2) is 24.3 Å². The number of nitrogens with one attached hydrogen (secondary N) is 2. The summed E-state index contributed by atoms with van der Waals surface area (Å²) in [5.41, 5.74) is -0.687. The van der Waals surface area contributed by atoms with Crippen molar-refractivity contribution in [3.05, 3.63) is 29.8 Å². The maximum absolute atomic E-state index is 12.9. The van der Waals surface area contributed by atoms with Crippen molar-refractivity contribution in [2.75, 3.05) is 26.8 Å². The smallest absolute Gasteiger partial charge is 0.326 e. The maximum Gasteiger partial charge on any atom is 0.326 e. The number of rotatable bonds is 4.